The standard InChI is InChI=1S/C19H27NO2/c1-2-14(12-13-6-3-4-7-13)19(22)20-17-11-10-16-15(17)8-5-9-18(16)21/h5,8-9,13-14,17,21H,2-4,6-7,10-12H2,1H3,(H,20,22). The van der Waals surface area contributed by atoms with E-state index in [0.717, 1.165) is 42.7 Å². The second kappa shape index (κ2) is 6.72. The molecule has 2 aliphatic carbocycles. The predicted octanol–water partition coefficient (Wildman–Crippen LogP) is 4.10. The molecule has 0 spiro atoms. The lowest BCUT2D eigenvalue weighted by atomic mass is 9.90. The maximum absolute atomic E-state index is 12.6. The van der Waals surface area contributed by atoms with Crippen molar-refractivity contribution in [3.05, 3.63) is 29.3 Å². The first-order valence-electron chi connectivity index (χ1n) is 8.80. The van der Waals surface area contributed by atoms with Gasteiger partial charge in [0.1, 0.15) is 5.75 Å². The third-order valence-corrected chi connectivity index (χ3v) is 5.52. The number of phenolic OH excluding ortho intramolecular Hbond substituents is 1. The number of hydrogen-bond donors (Lipinski definition) is 2. The van der Waals surface area contributed by atoms with E-state index in [1.165, 1.54) is 25.7 Å². The number of carbonyl (C=O) groups is 1. The largest absolute Gasteiger partial charge is 0.508 e. The van der Waals surface area contributed by atoms with Crippen LogP contribution in [0.1, 0.15) is 69.0 Å². The third kappa shape index (κ3) is 3.13. The van der Waals surface area contributed by atoms with Gasteiger partial charge in [-0.3, -0.25) is 4.79 Å². The highest BCUT2D eigenvalue weighted by atomic mass is 16.3. The quantitative estimate of drug-likeness (QED) is 0.860. The fourth-order valence-electron chi connectivity index (χ4n) is 4.18. The van der Waals surface area contributed by atoms with Gasteiger partial charge in [-0.2, -0.15) is 0 Å². The molecule has 0 heterocycles. The van der Waals surface area contributed by atoms with Gasteiger partial charge in [-0.15, -0.1) is 0 Å². The van der Waals surface area contributed by atoms with Gasteiger partial charge in [0.15, 0.2) is 0 Å². The first-order chi connectivity index (χ1) is 10.7. The average molecular weight is 301 g/mol. The number of nitrogens with one attached hydrogen (secondary N) is 1. The van der Waals surface area contributed by atoms with Gasteiger partial charge < -0.3 is 10.4 Å². The van der Waals surface area contributed by atoms with Crippen molar-refractivity contribution in [2.75, 3.05) is 0 Å². The summed E-state index contributed by atoms with van der Waals surface area (Å²) in [6.45, 7) is 2.12. The van der Waals surface area contributed by atoms with Crippen LogP contribution >= 0.6 is 0 Å². The van der Waals surface area contributed by atoms with Crippen molar-refractivity contribution >= 4 is 5.91 Å². The molecule has 0 saturated heterocycles. The molecule has 1 amide bonds. The van der Waals surface area contributed by atoms with Gasteiger partial charge >= 0.3 is 0 Å². The van der Waals surface area contributed by atoms with Crippen LogP contribution in [0.3, 0.4) is 0 Å². The molecule has 1 aromatic carbocycles. The Bertz CT molecular complexity index is 534. The van der Waals surface area contributed by atoms with Crippen molar-refractivity contribution in [2.45, 2.75) is 64.3 Å². The molecule has 120 valence electrons. The van der Waals surface area contributed by atoms with Crippen LogP contribution in [-0.2, 0) is 11.2 Å². The number of hydrogen-bond acceptors (Lipinski definition) is 2. The van der Waals surface area contributed by atoms with Crippen molar-refractivity contribution in [1.82, 2.24) is 5.32 Å². The summed E-state index contributed by atoms with van der Waals surface area (Å²) in [4.78, 5) is 12.6. The zero-order valence-corrected chi connectivity index (χ0v) is 13.5. The topological polar surface area (TPSA) is 49.3 Å². The molecule has 2 N–H and O–H groups in total. The van der Waals surface area contributed by atoms with E-state index in [-0.39, 0.29) is 17.9 Å². The predicted molar refractivity (Wildman–Crippen MR) is 87.7 cm³/mol. The highest BCUT2D eigenvalue weighted by molar-refractivity contribution is 5.79. The molecule has 2 atom stereocenters. The Morgan fingerprint density at radius 3 is 2.82 bits per heavy atom. The zero-order chi connectivity index (χ0) is 15.5. The number of fused-ring (bicyclic) bond motifs is 1. The Labute approximate surface area is 133 Å². The van der Waals surface area contributed by atoms with E-state index in [2.05, 4.69) is 12.2 Å². The summed E-state index contributed by atoms with van der Waals surface area (Å²) in [6.07, 6.45) is 8.97. The smallest absolute Gasteiger partial charge is 0.223 e. The highest BCUT2D eigenvalue weighted by Gasteiger charge is 2.29. The van der Waals surface area contributed by atoms with Crippen LogP contribution in [0.25, 0.3) is 0 Å². The molecule has 0 radical (unpaired) electrons. The van der Waals surface area contributed by atoms with Gasteiger partial charge in [0, 0.05) is 5.92 Å². The van der Waals surface area contributed by atoms with Crippen molar-refractivity contribution in [3.8, 4) is 5.75 Å². The third-order valence-electron chi connectivity index (χ3n) is 5.52. The fourth-order valence-corrected chi connectivity index (χ4v) is 4.18. The lowest BCUT2D eigenvalue weighted by Crippen LogP contribution is -2.33. The molecule has 3 heteroatoms. The monoisotopic (exact) mass is 301 g/mol. The maximum atomic E-state index is 12.6. The minimum atomic E-state index is 0.0761. The van der Waals surface area contributed by atoms with Crippen LogP contribution in [0, 0.1) is 11.8 Å². The normalized spacial score (nSPS) is 22.5. The molecule has 2 unspecified atom stereocenters. The Morgan fingerprint density at radius 1 is 1.32 bits per heavy atom. The molecule has 0 aliphatic heterocycles. The summed E-state index contributed by atoms with van der Waals surface area (Å²) in [5.74, 6) is 1.46. The molecule has 0 bridgehead atoms. The maximum Gasteiger partial charge on any atom is 0.223 e. The summed E-state index contributed by atoms with van der Waals surface area (Å²) in [7, 11) is 0. The number of benzene rings is 1. The van der Waals surface area contributed by atoms with Crippen LogP contribution in [0.2, 0.25) is 0 Å². The van der Waals surface area contributed by atoms with Crippen LogP contribution < -0.4 is 5.32 Å². The van der Waals surface area contributed by atoms with Gasteiger partial charge in [-0.25, -0.2) is 0 Å². The van der Waals surface area contributed by atoms with E-state index in [9.17, 15) is 9.90 Å². The second-order valence-corrected chi connectivity index (χ2v) is 6.94. The van der Waals surface area contributed by atoms with E-state index in [4.69, 9.17) is 0 Å². The zero-order valence-electron chi connectivity index (χ0n) is 13.5. The lowest BCUT2D eigenvalue weighted by Gasteiger charge is -2.22. The number of amides is 1. The van der Waals surface area contributed by atoms with Crippen LogP contribution in [-0.4, -0.2) is 11.0 Å². The van der Waals surface area contributed by atoms with E-state index in [1.807, 2.05) is 12.1 Å². The first-order valence-corrected chi connectivity index (χ1v) is 8.80. The van der Waals surface area contributed by atoms with Gasteiger partial charge in [0.2, 0.25) is 5.91 Å². The summed E-state index contributed by atoms with van der Waals surface area (Å²) in [5.41, 5.74) is 2.11. The summed E-state index contributed by atoms with van der Waals surface area (Å²) < 4.78 is 0. The Hall–Kier alpha value is -1.51. The van der Waals surface area contributed by atoms with Crippen LogP contribution in [0.5, 0.6) is 5.75 Å². The number of carbonyl (C=O) groups excluding carboxylic acids is 1. The molecule has 2 aliphatic rings. The number of rotatable bonds is 5. The van der Waals surface area contributed by atoms with Crippen molar-refractivity contribution in [1.29, 1.82) is 0 Å². The molecule has 1 saturated carbocycles. The van der Waals surface area contributed by atoms with Crippen LogP contribution in [0.15, 0.2) is 18.2 Å². The van der Waals surface area contributed by atoms with Gasteiger partial charge in [0.05, 0.1) is 6.04 Å². The summed E-state index contributed by atoms with van der Waals surface area (Å²) in [6, 6.07) is 5.71. The molecule has 3 nitrogen and oxygen atoms in total. The van der Waals surface area contributed by atoms with E-state index in [1.54, 1.807) is 6.07 Å². The molecule has 3 rings (SSSR count). The number of aromatic hydroxyl groups is 1. The van der Waals surface area contributed by atoms with Crippen LogP contribution in [0.4, 0.5) is 0 Å². The molecule has 0 aromatic heterocycles. The van der Waals surface area contributed by atoms with E-state index < -0.39 is 0 Å². The summed E-state index contributed by atoms with van der Waals surface area (Å²) >= 11 is 0. The Balaban J connectivity index is 1.63. The molecular weight excluding hydrogens is 274 g/mol. The fraction of sp³-hybridized carbons (Fsp3) is 0.632. The molecule has 1 aromatic rings. The average Bonchev–Trinajstić information content (AvgIpc) is 3.15. The lowest BCUT2D eigenvalue weighted by molar-refractivity contribution is -0.126. The molecular formula is C19H27NO2. The second-order valence-electron chi connectivity index (χ2n) is 6.94. The van der Waals surface area contributed by atoms with Crippen molar-refractivity contribution < 1.29 is 9.90 Å². The van der Waals surface area contributed by atoms with E-state index in [0.29, 0.717) is 5.75 Å². The van der Waals surface area contributed by atoms with E-state index >= 15 is 0 Å². The van der Waals surface area contributed by atoms with Gasteiger partial charge in [-0.1, -0.05) is 44.7 Å². The van der Waals surface area contributed by atoms with Crippen molar-refractivity contribution in [3.63, 3.8) is 0 Å². The molecule has 22 heavy (non-hydrogen) atoms. The van der Waals surface area contributed by atoms with Gasteiger partial charge in [-0.05, 0) is 48.8 Å². The highest BCUT2D eigenvalue weighted by Crippen LogP contribution is 2.37. The Morgan fingerprint density at radius 2 is 2.09 bits per heavy atom. The van der Waals surface area contributed by atoms with Gasteiger partial charge in [0.25, 0.3) is 0 Å². The minimum absolute atomic E-state index is 0.0761. The van der Waals surface area contributed by atoms with Crippen molar-refractivity contribution in [2.24, 2.45) is 11.8 Å². The first kappa shape index (κ1) is 15.4. The minimum Gasteiger partial charge on any atom is -0.508 e. The SMILES string of the molecule is CCC(CC1CCCC1)C(=O)NC1CCc2c(O)cccc21. The Kier molecular flexibility index (Phi) is 4.70. The molecule has 1 fully saturated rings. The number of phenols is 1. The summed E-state index contributed by atoms with van der Waals surface area (Å²) in [5, 5.41) is 13.2.